The van der Waals surface area contributed by atoms with Gasteiger partial charge in [-0.25, -0.2) is 0 Å². The van der Waals surface area contributed by atoms with Crippen molar-refractivity contribution in [3.8, 4) is 0 Å². The Balaban J connectivity index is 1.48. The lowest BCUT2D eigenvalue weighted by Gasteiger charge is -2.32. The molecule has 1 aliphatic carbocycles. The van der Waals surface area contributed by atoms with Gasteiger partial charge in [0.25, 0.3) is 0 Å². The molecule has 0 amide bonds. The van der Waals surface area contributed by atoms with Crippen LogP contribution in [0.4, 0.5) is 0 Å². The average molecular weight is 588 g/mol. The monoisotopic (exact) mass is 587 g/mol. The molecular formula is C44H45N. The molecule has 1 nitrogen and oxygen atoms in total. The minimum Gasteiger partial charge on any atom is -0.345 e. The third kappa shape index (κ3) is 7.62. The fourth-order valence-electron chi connectivity index (χ4n) is 6.09. The van der Waals surface area contributed by atoms with E-state index in [-0.39, 0.29) is 12.0 Å². The standard InChI is InChI=1S/C44H45N/c1-6-8-18-33(3)34(4)28-29-35(5)45(30-17-23-36(7-2)37-19-10-9-11-20-37)40-24-16-22-38(31-40)44-32-39-21-12-13-25-41(39)42-26-14-15-27-43(42)44/h6-22,24-30,32,36,40H,2,23,31H2,1,3-5H3/b8-6-,30-17+,33-18+,34-28+,35-29+. The van der Waals surface area contributed by atoms with Crippen LogP contribution >= 0.6 is 0 Å². The zero-order valence-corrected chi connectivity index (χ0v) is 27.2. The van der Waals surface area contributed by atoms with Crippen molar-refractivity contribution in [2.24, 2.45) is 0 Å². The van der Waals surface area contributed by atoms with Crippen molar-refractivity contribution in [1.82, 2.24) is 4.90 Å². The van der Waals surface area contributed by atoms with Crippen LogP contribution in [0.3, 0.4) is 0 Å². The molecule has 0 fully saturated rings. The van der Waals surface area contributed by atoms with Crippen LogP contribution in [0, 0.1) is 0 Å². The topological polar surface area (TPSA) is 3.24 Å². The van der Waals surface area contributed by atoms with Gasteiger partial charge in [-0.15, -0.1) is 6.58 Å². The first-order valence-corrected chi connectivity index (χ1v) is 16.1. The highest BCUT2D eigenvalue weighted by molar-refractivity contribution is 6.12. The number of nitrogens with zero attached hydrogens (tertiary/aromatic N) is 1. The molecule has 5 rings (SSSR count). The van der Waals surface area contributed by atoms with Crippen molar-refractivity contribution in [2.75, 3.05) is 0 Å². The van der Waals surface area contributed by atoms with Crippen LogP contribution in [0.15, 0.2) is 175 Å². The number of rotatable bonds is 11. The van der Waals surface area contributed by atoms with Gasteiger partial charge in [0, 0.05) is 17.8 Å². The van der Waals surface area contributed by atoms with Gasteiger partial charge in [-0.3, -0.25) is 0 Å². The van der Waals surface area contributed by atoms with Crippen molar-refractivity contribution in [1.29, 1.82) is 0 Å². The molecule has 4 aromatic carbocycles. The average Bonchev–Trinajstić information content (AvgIpc) is 3.09. The van der Waals surface area contributed by atoms with E-state index < -0.39 is 0 Å². The molecule has 0 radical (unpaired) electrons. The first-order chi connectivity index (χ1) is 22.0. The lowest BCUT2D eigenvalue weighted by Crippen LogP contribution is -2.29. The predicted octanol–water partition coefficient (Wildman–Crippen LogP) is 12.3. The summed E-state index contributed by atoms with van der Waals surface area (Å²) in [4.78, 5) is 2.44. The van der Waals surface area contributed by atoms with E-state index in [1.54, 1.807) is 0 Å². The summed E-state index contributed by atoms with van der Waals surface area (Å²) in [6.45, 7) is 12.8. The van der Waals surface area contributed by atoms with Crippen molar-refractivity contribution in [2.45, 2.75) is 52.5 Å². The number of fused-ring (bicyclic) bond motifs is 3. The maximum Gasteiger partial charge on any atom is 0.0556 e. The summed E-state index contributed by atoms with van der Waals surface area (Å²) in [7, 11) is 0. The smallest absolute Gasteiger partial charge is 0.0556 e. The summed E-state index contributed by atoms with van der Waals surface area (Å²) in [5.74, 6) is 0.274. The first kappa shape index (κ1) is 31.5. The highest BCUT2D eigenvalue weighted by Gasteiger charge is 2.21. The lowest BCUT2D eigenvalue weighted by molar-refractivity contribution is 0.395. The van der Waals surface area contributed by atoms with E-state index >= 15 is 0 Å². The van der Waals surface area contributed by atoms with Crippen LogP contribution in [0.2, 0.25) is 0 Å². The Morgan fingerprint density at radius 1 is 0.844 bits per heavy atom. The SMILES string of the molecule is C=CC(C/C=C/N(/C(C)=C/C=C(C)/C(C)=C/C=C\C)C1C=CC=C(c2cc3ccccc3c3ccccc23)C1)c1ccccc1. The summed E-state index contributed by atoms with van der Waals surface area (Å²) in [6, 6.07) is 30.8. The summed E-state index contributed by atoms with van der Waals surface area (Å²) < 4.78 is 0. The minimum atomic E-state index is 0.190. The maximum atomic E-state index is 4.14. The van der Waals surface area contributed by atoms with Gasteiger partial charge in [-0.1, -0.05) is 134 Å². The normalized spacial score (nSPS) is 16.9. The van der Waals surface area contributed by atoms with Gasteiger partial charge in [0.05, 0.1) is 6.04 Å². The van der Waals surface area contributed by atoms with Crippen LogP contribution in [0.1, 0.15) is 57.6 Å². The Morgan fingerprint density at radius 2 is 1.53 bits per heavy atom. The second kappa shape index (κ2) is 15.2. The molecule has 0 saturated carbocycles. The second-order valence-electron chi connectivity index (χ2n) is 11.9. The third-order valence-electron chi connectivity index (χ3n) is 8.84. The minimum absolute atomic E-state index is 0.190. The zero-order chi connectivity index (χ0) is 31.6. The van der Waals surface area contributed by atoms with Crippen molar-refractivity contribution in [3.05, 3.63) is 186 Å². The van der Waals surface area contributed by atoms with Crippen LogP contribution in [-0.4, -0.2) is 10.9 Å². The predicted molar refractivity (Wildman–Crippen MR) is 198 cm³/mol. The summed E-state index contributed by atoms with van der Waals surface area (Å²) >= 11 is 0. The highest BCUT2D eigenvalue weighted by atomic mass is 15.1. The molecule has 0 aliphatic heterocycles. The zero-order valence-electron chi connectivity index (χ0n) is 27.2. The third-order valence-corrected chi connectivity index (χ3v) is 8.84. The van der Waals surface area contributed by atoms with Gasteiger partial charge in [-0.2, -0.15) is 0 Å². The molecule has 0 bridgehead atoms. The van der Waals surface area contributed by atoms with Crippen LogP contribution in [0.25, 0.3) is 27.1 Å². The molecule has 4 aromatic rings. The Morgan fingerprint density at radius 3 is 2.29 bits per heavy atom. The summed E-state index contributed by atoms with van der Waals surface area (Å²) in [6.07, 6.45) is 26.2. The Bertz CT molecular complexity index is 1860. The molecule has 0 aromatic heterocycles. The Labute approximate surface area is 270 Å². The molecular weight excluding hydrogens is 542 g/mol. The molecule has 0 N–H and O–H groups in total. The molecule has 0 heterocycles. The van der Waals surface area contributed by atoms with Gasteiger partial charge in [-0.05, 0) is 102 Å². The number of benzene rings is 4. The van der Waals surface area contributed by atoms with Crippen molar-refractivity contribution in [3.63, 3.8) is 0 Å². The molecule has 0 saturated heterocycles. The molecule has 0 spiro atoms. The largest absolute Gasteiger partial charge is 0.345 e. The van der Waals surface area contributed by atoms with Crippen molar-refractivity contribution >= 4 is 27.1 Å². The fraction of sp³-hybridized carbons (Fsp3) is 0.182. The first-order valence-electron chi connectivity index (χ1n) is 16.1. The highest BCUT2D eigenvalue weighted by Crippen LogP contribution is 2.36. The van der Waals surface area contributed by atoms with E-state index in [2.05, 4.69) is 184 Å². The molecule has 45 heavy (non-hydrogen) atoms. The van der Waals surface area contributed by atoms with Crippen molar-refractivity contribution < 1.29 is 0 Å². The van der Waals surface area contributed by atoms with E-state index in [4.69, 9.17) is 0 Å². The lowest BCUT2D eigenvalue weighted by atomic mass is 9.88. The Hall–Kier alpha value is -4.88. The van der Waals surface area contributed by atoms with Gasteiger partial charge < -0.3 is 4.90 Å². The van der Waals surface area contributed by atoms with Gasteiger partial charge in [0.1, 0.15) is 0 Å². The van der Waals surface area contributed by atoms with E-state index in [0.29, 0.717) is 0 Å². The molecule has 1 heteroatoms. The van der Waals surface area contributed by atoms with Gasteiger partial charge in [0.2, 0.25) is 0 Å². The summed E-state index contributed by atoms with van der Waals surface area (Å²) in [5, 5.41) is 5.21. The quantitative estimate of drug-likeness (QED) is 0.0958. The fourth-order valence-corrected chi connectivity index (χ4v) is 6.09. The molecule has 2 atom stereocenters. The number of hydrogen-bond acceptors (Lipinski definition) is 1. The van der Waals surface area contributed by atoms with Crippen LogP contribution < -0.4 is 0 Å². The second-order valence-corrected chi connectivity index (χ2v) is 11.9. The van der Waals surface area contributed by atoms with Gasteiger partial charge in [0.15, 0.2) is 0 Å². The molecule has 2 unspecified atom stereocenters. The van der Waals surface area contributed by atoms with E-state index in [0.717, 1.165) is 12.8 Å². The van der Waals surface area contributed by atoms with Crippen LogP contribution in [-0.2, 0) is 0 Å². The summed E-state index contributed by atoms with van der Waals surface area (Å²) in [5.41, 5.74) is 7.71. The maximum absolute atomic E-state index is 4.14. The van der Waals surface area contributed by atoms with E-state index in [1.807, 2.05) is 6.92 Å². The Kier molecular flexibility index (Phi) is 10.7. The molecule has 226 valence electrons. The van der Waals surface area contributed by atoms with Gasteiger partial charge >= 0.3 is 0 Å². The number of hydrogen-bond donors (Lipinski definition) is 0. The van der Waals surface area contributed by atoms with Crippen LogP contribution in [0.5, 0.6) is 0 Å². The van der Waals surface area contributed by atoms with E-state index in [1.165, 1.54) is 55.1 Å². The van der Waals surface area contributed by atoms with E-state index in [9.17, 15) is 0 Å². The number of allylic oxidation sites excluding steroid dienone is 12. The molecule has 1 aliphatic rings.